The highest BCUT2D eigenvalue weighted by Crippen LogP contribution is 2.28. The number of rotatable bonds is 5. The van der Waals surface area contributed by atoms with Crippen molar-refractivity contribution in [3.63, 3.8) is 0 Å². The molecule has 0 fully saturated rings. The molecule has 0 aliphatic rings. The topological polar surface area (TPSA) is 68.3 Å². The van der Waals surface area contributed by atoms with E-state index >= 15 is 0 Å². The molecule has 0 radical (unpaired) electrons. The summed E-state index contributed by atoms with van der Waals surface area (Å²) in [7, 11) is 0. The Labute approximate surface area is 154 Å². The number of aromatic nitrogens is 1. The van der Waals surface area contributed by atoms with Crippen molar-refractivity contribution in [3.05, 3.63) is 90.3 Å². The van der Waals surface area contributed by atoms with Crippen molar-refractivity contribution < 1.29 is 18.0 Å². The fourth-order valence-corrected chi connectivity index (χ4v) is 2.68. The Hall–Kier alpha value is -3.67. The zero-order chi connectivity index (χ0) is 18.6. The van der Waals surface area contributed by atoms with Crippen LogP contribution >= 0.6 is 0 Å². The van der Waals surface area contributed by atoms with E-state index in [1.165, 1.54) is 12.1 Å². The number of benzene rings is 2. The van der Waals surface area contributed by atoms with E-state index in [4.69, 9.17) is 8.83 Å². The summed E-state index contributed by atoms with van der Waals surface area (Å²) in [5, 5.41) is 2.85. The summed E-state index contributed by atoms with van der Waals surface area (Å²) in [6, 6.07) is 14.8. The number of nitrogens with zero attached hydrogens (tertiary/aromatic N) is 1. The first-order chi connectivity index (χ1) is 13.2. The Kier molecular flexibility index (Phi) is 4.53. The molecule has 4 aromatic rings. The van der Waals surface area contributed by atoms with Crippen LogP contribution in [-0.4, -0.2) is 10.9 Å². The summed E-state index contributed by atoms with van der Waals surface area (Å²) < 4.78 is 23.9. The second kappa shape index (κ2) is 7.29. The predicted molar refractivity (Wildman–Crippen MR) is 97.2 cm³/mol. The number of hydrogen-bond acceptors (Lipinski definition) is 4. The number of nitrogens with one attached hydrogen (secondary N) is 1. The van der Waals surface area contributed by atoms with Crippen molar-refractivity contribution in [1.82, 2.24) is 10.3 Å². The Morgan fingerprint density at radius 2 is 1.89 bits per heavy atom. The number of hydrogen-bond donors (Lipinski definition) is 1. The molecule has 2 aromatic heterocycles. The molecule has 0 saturated carbocycles. The average Bonchev–Trinajstić information content (AvgIpc) is 3.39. The molecule has 0 saturated heterocycles. The van der Waals surface area contributed by atoms with Gasteiger partial charge in [-0.2, -0.15) is 0 Å². The normalized spacial score (nSPS) is 10.7. The molecule has 6 heteroatoms. The van der Waals surface area contributed by atoms with Crippen LogP contribution in [0.15, 0.2) is 82.2 Å². The van der Waals surface area contributed by atoms with Gasteiger partial charge in [0.05, 0.1) is 24.3 Å². The van der Waals surface area contributed by atoms with Gasteiger partial charge in [0.1, 0.15) is 5.82 Å². The van der Waals surface area contributed by atoms with Crippen LogP contribution in [0, 0.1) is 5.82 Å². The first kappa shape index (κ1) is 16.8. The summed E-state index contributed by atoms with van der Waals surface area (Å²) in [6.07, 6.45) is 4.69. The molecule has 5 nitrogen and oxygen atoms in total. The first-order valence-electron chi connectivity index (χ1n) is 8.31. The van der Waals surface area contributed by atoms with Gasteiger partial charge in [-0.1, -0.05) is 12.1 Å². The fourth-order valence-electron chi connectivity index (χ4n) is 2.68. The molecule has 2 heterocycles. The zero-order valence-corrected chi connectivity index (χ0v) is 14.2. The Morgan fingerprint density at radius 1 is 1.07 bits per heavy atom. The van der Waals surface area contributed by atoms with Gasteiger partial charge in [-0.15, -0.1) is 0 Å². The number of halogens is 1. The third kappa shape index (κ3) is 3.64. The van der Waals surface area contributed by atoms with Crippen molar-refractivity contribution in [2.75, 3.05) is 0 Å². The summed E-state index contributed by atoms with van der Waals surface area (Å²) in [5.74, 6) is 0.258. The van der Waals surface area contributed by atoms with Crippen LogP contribution < -0.4 is 5.32 Å². The SMILES string of the molecule is O=C(NCc1ccoc1)c1ccccc1-c1ncc(-c2ccc(F)cc2)o1. The second-order valence-electron chi connectivity index (χ2n) is 5.90. The van der Waals surface area contributed by atoms with E-state index in [1.807, 2.05) is 6.07 Å². The number of oxazole rings is 1. The molecule has 2 aromatic carbocycles. The number of carbonyl (C=O) groups is 1. The summed E-state index contributed by atoms with van der Waals surface area (Å²) in [6.45, 7) is 0.357. The third-order valence-electron chi connectivity index (χ3n) is 4.07. The third-order valence-corrected chi connectivity index (χ3v) is 4.07. The van der Waals surface area contributed by atoms with E-state index in [-0.39, 0.29) is 11.7 Å². The molecule has 0 aliphatic carbocycles. The standard InChI is InChI=1S/C21H15FN2O3/c22-16-7-5-15(6-8-16)19-12-24-21(27-19)18-4-2-1-3-17(18)20(25)23-11-14-9-10-26-13-14/h1-10,12-13H,11H2,(H,23,25). The number of furan rings is 1. The van der Waals surface area contributed by atoms with Crippen LogP contribution in [0.1, 0.15) is 15.9 Å². The van der Waals surface area contributed by atoms with Gasteiger partial charge in [-0.05, 0) is 42.5 Å². The van der Waals surface area contributed by atoms with Crippen LogP contribution in [0.3, 0.4) is 0 Å². The Morgan fingerprint density at radius 3 is 2.67 bits per heavy atom. The summed E-state index contributed by atoms with van der Waals surface area (Å²) in [4.78, 5) is 16.9. The van der Waals surface area contributed by atoms with Gasteiger partial charge in [0.25, 0.3) is 5.91 Å². The van der Waals surface area contributed by atoms with Gasteiger partial charge >= 0.3 is 0 Å². The highest BCUT2D eigenvalue weighted by atomic mass is 19.1. The molecule has 0 aliphatic heterocycles. The minimum absolute atomic E-state index is 0.242. The van der Waals surface area contributed by atoms with Gasteiger partial charge in [0.2, 0.25) is 5.89 Å². The maximum atomic E-state index is 13.1. The fraction of sp³-hybridized carbons (Fsp3) is 0.0476. The number of carbonyl (C=O) groups excluding carboxylic acids is 1. The average molecular weight is 362 g/mol. The van der Waals surface area contributed by atoms with Crippen LogP contribution in [-0.2, 0) is 6.54 Å². The van der Waals surface area contributed by atoms with E-state index in [0.717, 1.165) is 5.56 Å². The van der Waals surface area contributed by atoms with Crippen LogP contribution in [0.2, 0.25) is 0 Å². The Balaban J connectivity index is 1.59. The van der Waals surface area contributed by atoms with E-state index in [2.05, 4.69) is 10.3 Å². The molecule has 0 unspecified atom stereocenters. The molecule has 0 atom stereocenters. The lowest BCUT2D eigenvalue weighted by molar-refractivity contribution is 0.0951. The Bertz CT molecular complexity index is 1050. The van der Waals surface area contributed by atoms with E-state index in [0.29, 0.717) is 34.9 Å². The van der Waals surface area contributed by atoms with Crippen molar-refractivity contribution in [2.24, 2.45) is 0 Å². The number of amides is 1. The van der Waals surface area contributed by atoms with Gasteiger partial charge < -0.3 is 14.2 Å². The molecule has 27 heavy (non-hydrogen) atoms. The predicted octanol–water partition coefficient (Wildman–Crippen LogP) is 4.67. The largest absolute Gasteiger partial charge is 0.472 e. The summed E-state index contributed by atoms with van der Waals surface area (Å²) >= 11 is 0. The van der Waals surface area contributed by atoms with E-state index in [1.54, 1.807) is 55.1 Å². The maximum absolute atomic E-state index is 13.1. The van der Waals surface area contributed by atoms with Crippen molar-refractivity contribution in [2.45, 2.75) is 6.54 Å². The highest BCUT2D eigenvalue weighted by molar-refractivity contribution is 6.00. The lowest BCUT2D eigenvalue weighted by atomic mass is 10.1. The van der Waals surface area contributed by atoms with Gasteiger partial charge in [0, 0.05) is 23.2 Å². The van der Waals surface area contributed by atoms with Crippen LogP contribution in [0.25, 0.3) is 22.8 Å². The van der Waals surface area contributed by atoms with E-state index in [9.17, 15) is 9.18 Å². The minimum atomic E-state index is -0.321. The molecule has 1 N–H and O–H groups in total. The molecule has 0 bridgehead atoms. The molecule has 4 rings (SSSR count). The van der Waals surface area contributed by atoms with E-state index < -0.39 is 0 Å². The zero-order valence-electron chi connectivity index (χ0n) is 14.2. The lowest BCUT2D eigenvalue weighted by Crippen LogP contribution is -2.23. The van der Waals surface area contributed by atoms with Gasteiger partial charge in [0.15, 0.2) is 5.76 Å². The van der Waals surface area contributed by atoms with Gasteiger partial charge in [-0.3, -0.25) is 4.79 Å². The molecule has 0 spiro atoms. The summed E-state index contributed by atoms with van der Waals surface area (Å²) in [5.41, 5.74) is 2.61. The molecule has 134 valence electrons. The molecule has 1 amide bonds. The lowest BCUT2D eigenvalue weighted by Gasteiger charge is -2.07. The molecular weight excluding hydrogens is 347 g/mol. The van der Waals surface area contributed by atoms with Crippen LogP contribution in [0.4, 0.5) is 4.39 Å². The van der Waals surface area contributed by atoms with Crippen LogP contribution in [0.5, 0.6) is 0 Å². The quantitative estimate of drug-likeness (QED) is 0.560. The maximum Gasteiger partial charge on any atom is 0.252 e. The monoisotopic (exact) mass is 362 g/mol. The van der Waals surface area contributed by atoms with Crippen molar-refractivity contribution >= 4 is 5.91 Å². The minimum Gasteiger partial charge on any atom is -0.472 e. The highest BCUT2D eigenvalue weighted by Gasteiger charge is 2.17. The van der Waals surface area contributed by atoms with Crippen molar-refractivity contribution in [1.29, 1.82) is 0 Å². The van der Waals surface area contributed by atoms with Crippen molar-refractivity contribution in [3.8, 4) is 22.8 Å². The molecular formula is C21H15FN2O3. The smallest absolute Gasteiger partial charge is 0.252 e. The second-order valence-corrected chi connectivity index (χ2v) is 5.90. The first-order valence-corrected chi connectivity index (χ1v) is 8.31. The van der Waals surface area contributed by atoms with Gasteiger partial charge in [-0.25, -0.2) is 9.37 Å².